The molecule has 0 aliphatic heterocycles. The fraction of sp³-hybridized carbons (Fsp3) is 0.0714. The van der Waals surface area contributed by atoms with Gasteiger partial charge in [0.1, 0.15) is 4.90 Å². The van der Waals surface area contributed by atoms with E-state index in [2.05, 4.69) is 4.18 Å². The fourth-order valence-electron chi connectivity index (χ4n) is 1.64. The van der Waals surface area contributed by atoms with E-state index in [1.54, 1.807) is 6.07 Å². The number of para-hydroxylation sites is 1. The Morgan fingerprint density at radius 3 is 2.14 bits per heavy atom. The smallest absolute Gasteiger partial charge is 0.378 e. The molecule has 0 saturated heterocycles. The Labute approximate surface area is 124 Å². The maximum atomic E-state index is 12.8. The minimum atomic E-state index is -4.74. The highest BCUT2D eigenvalue weighted by molar-refractivity contribution is 7.87. The van der Waals surface area contributed by atoms with Gasteiger partial charge in [0.05, 0.1) is 17.2 Å². The molecule has 0 amide bonds. The molecule has 2 aromatic rings. The lowest BCUT2D eigenvalue weighted by Crippen LogP contribution is -2.14. The van der Waals surface area contributed by atoms with Crippen LogP contribution < -0.4 is 4.18 Å². The number of alkyl halides is 3. The Balaban J connectivity index is 2.39. The Kier molecular flexibility index (Phi) is 4.10. The lowest BCUT2D eigenvalue weighted by atomic mass is 10.2. The van der Waals surface area contributed by atoms with Gasteiger partial charge in [-0.2, -0.15) is 26.9 Å². The Bertz CT molecular complexity index is 822. The highest BCUT2D eigenvalue weighted by Crippen LogP contribution is 2.37. The zero-order valence-electron chi connectivity index (χ0n) is 10.8. The second kappa shape index (κ2) is 5.69. The van der Waals surface area contributed by atoms with Gasteiger partial charge in [-0.1, -0.05) is 12.1 Å². The van der Waals surface area contributed by atoms with Crippen LogP contribution in [0.25, 0.3) is 0 Å². The van der Waals surface area contributed by atoms with E-state index >= 15 is 0 Å². The first kappa shape index (κ1) is 15.9. The molecule has 8 heteroatoms. The molecule has 0 heterocycles. The quantitative estimate of drug-likeness (QED) is 0.811. The van der Waals surface area contributed by atoms with Crippen molar-refractivity contribution >= 4 is 10.1 Å². The van der Waals surface area contributed by atoms with Crippen molar-refractivity contribution in [2.45, 2.75) is 11.1 Å². The molecule has 0 bridgehead atoms. The van der Waals surface area contributed by atoms with Crippen LogP contribution >= 0.6 is 0 Å². The van der Waals surface area contributed by atoms with E-state index in [1.807, 2.05) is 0 Å². The topological polar surface area (TPSA) is 67.2 Å². The van der Waals surface area contributed by atoms with Crippen molar-refractivity contribution in [2.24, 2.45) is 0 Å². The van der Waals surface area contributed by atoms with Crippen LogP contribution in [0.4, 0.5) is 13.2 Å². The van der Waals surface area contributed by atoms with Gasteiger partial charge in [-0.3, -0.25) is 0 Å². The second-order valence-corrected chi connectivity index (χ2v) is 5.71. The lowest BCUT2D eigenvalue weighted by Gasteiger charge is -2.13. The summed E-state index contributed by atoms with van der Waals surface area (Å²) in [6.07, 6.45) is -4.74. The standard InChI is InChI=1S/C14H8F3NO3S/c15-14(16,17)12-3-1-2-4-13(12)21-22(19,20)11-7-5-10(9-18)6-8-11/h1-8H. The molecular formula is C14H8F3NO3S. The predicted molar refractivity (Wildman–Crippen MR) is 70.4 cm³/mol. The van der Waals surface area contributed by atoms with Gasteiger partial charge in [0.25, 0.3) is 0 Å². The molecule has 0 aromatic heterocycles. The van der Waals surface area contributed by atoms with E-state index in [-0.39, 0.29) is 10.5 Å². The lowest BCUT2D eigenvalue weighted by molar-refractivity contribution is -0.138. The van der Waals surface area contributed by atoms with E-state index in [0.29, 0.717) is 0 Å². The average molecular weight is 327 g/mol. The second-order valence-electron chi connectivity index (χ2n) is 4.17. The number of rotatable bonds is 3. The summed E-state index contributed by atoms with van der Waals surface area (Å²) in [7, 11) is -4.43. The maximum absolute atomic E-state index is 12.8. The molecule has 114 valence electrons. The monoisotopic (exact) mass is 327 g/mol. The first-order valence-electron chi connectivity index (χ1n) is 5.85. The molecule has 22 heavy (non-hydrogen) atoms. The van der Waals surface area contributed by atoms with Crippen LogP contribution in [0.1, 0.15) is 11.1 Å². The van der Waals surface area contributed by atoms with Crippen molar-refractivity contribution < 1.29 is 25.8 Å². The van der Waals surface area contributed by atoms with Crippen LogP contribution in [0.15, 0.2) is 53.4 Å². The van der Waals surface area contributed by atoms with Crippen LogP contribution in [0.3, 0.4) is 0 Å². The van der Waals surface area contributed by atoms with E-state index in [1.165, 1.54) is 18.2 Å². The molecule has 0 saturated carbocycles. The normalized spacial score (nSPS) is 11.7. The molecule has 0 aliphatic rings. The molecule has 4 nitrogen and oxygen atoms in total. The zero-order chi connectivity index (χ0) is 16.4. The Morgan fingerprint density at radius 1 is 1.00 bits per heavy atom. The molecule has 0 unspecified atom stereocenters. The van der Waals surface area contributed by atoms with Crippen LogP contribution in [0.5, 0.6) is 5.75 Å². The molecule has 0 fully saturated rings. The highest BCUT2D eigenvalue weighted by atomic mass is 32.2. The summed E-state index contributed by atoms with van der Waals surface area (Å²) in [5, 5.41) is 8.64. The summed E-state index contributed by atoms with van der Waals surface area (Å²) >= 11 is 0. The largest absolute Gasteiger partial charge is 0.420 e. The predicted octanol–water partition coefficient (Wildman–Crippen LogP) is 3.34. The number of hydrogen-bond donors (Lipinski definition) is 0. The molecule has 0 radical (unpaired) electrons. The van der Waals surface area contributed by atoms with Crippen LogP contribution in [0.2, 0.25) is 0 Å². The zero-order valence-corrected chi connectivity index (χ0v) is 11.6. The summed E-state index contributed by atoms with van der Waals surface area (Å²) < 4.78 is 67.0. The number of hydrogen-bond acceptors (Lipinski definition) is 4. The van der Waals surface area contributed by atoms with Crippen molar-refractivity contribution in [1.29, 1.82) is 5.26 Å². The molecule has 0 aliphatic carbocycles. The van der Waals surface area contributed by atoms with Crippen molar-refractivity contribution in [1.82, 2.24) is 0 Å². The molecule has 0 N–H and O–H groups in total. The first-order valence-corrected chi connectivity index (χ1v) is 7.26. The first-order chi connectivity index (χ1) is 10.2. The van der Waals surface area contributed by atoms with Gasteiger partial charge in [0.15, 0.2) is 5.75 Å². The third kappa shape index (κ3) is 3.38. The van der Waals surface area contributed by atoms with Crippen molar-refractivity contribution in [3.8, 4) is 11.8 Å². The number of benzene rings is 2. The molecule has 2 rings (SSSR count). The van der Waals surface area contributed by atoms with Crippen LogP contribution in [-0.2, 0) is 16.3 Å². The molecule has 2 aromatic carbocycles. The molecule has 0 atom stereocenters. The molecular weight excluding hydrogens is 319 g/mol. The Hall–Kier alpha value is -2.53. The van der Waals surface area contributed by atoms with Gasteiger partial charge in [-0.25, -0.2) is 0 Å². The van der Waals surface area contributed by atoms with Crippen molar-refractivity contribution in [3.63, 3.8) is 0 Å². The SMILES string of the molecule is N#Cc1ccc(S(=O)(=O)Oc2ccccc2C(F)(F)F)cc1. The minimum absolute atomic E-state index is 0.217. The van der Waals surface area contributed by atoms with Gasteiger partial charge in [-0.15, -0.1) is 0 Å². The van der Waals surface area contributed by atoms with Crippen molar-refractivity contribution in [2.75, 3.05) is 0 Å². The van der Waals surface area contributed by atoms with Gasteiger partial charge >= 0.3 is 16.3 Å². The van der Waals surface area contributed by atoms with E-state index in [0.717, 1.165) is 30.3 Å². The molecule has 0 spiro atoms. The average Bonchev–Trinajstić information content (AvgIpc) is 2.46. The maximum Gasteiger partial charge on any atom is 0.420 e. The number of nitriles is 1. The van der Waals surface area contributed by atoms with E-state index in [4.69, 9.17) is 5.26 Å². The summed E-state index contributed by atoms with van der Waals surface area (Å²) in [4.78, 5) is -0.344. The fourth-order valence-corrected chi connectivity index (χ4v) is 2.58. The Morgan fingerprint density at radius 2 is 1.59 bits per heavy atom. The highest BCUT2D eigenvalue weighted by Gasteiger charge is 2.35. The summed E-state index contributed by atoms with van der Waals surface area (Å²) in [5.74, 6) is -0.806. The van der Waals surface area contributed by atoms with Crippen LogP contribution in [-0.4, -0.2) is 8.42 Å². The summed E-state index contributed by atoms with van der Waals surface area (Å²) in [6, 6.07) is 10.4. The van der Waals surface area contributed by atoms with Gasteiger partial charge in [0.2, 0.25) is 0 Å². The van der Waals surface area contributed by atoms with Crippen LogP contribution in [0, 0.1) is 11.3 Å². The minimum Gasteiger partial charge on any atom is -0.378 e. The van der Waals surface area contributed by atoms with Gasteiger partial charge < -0.3 is 4.18 Å². The third-order valence-corrected chi connectivity index (χ3v) is 3.91. The van der Waals surface area contributed by atoms with Gasteiger partial charge in [0, 0.05) is 0 Å². The van der Waals surface area contributed by atoms with Crippen molar-refractivity contribution in [3.05, 3.63) is 59.7 Å². The van der Waals surface area contributed by atoms with E-state index in [9.17, 15) is 21.6 Å². The van der Waals surface area contributed by atoms with E-state index < -0.39 is 27.6 Å². The van der Waals surface area contributed by atoms with Gasteiger partial charge in [-0.05, 0) is 36.4 Å². The summed E-state index contributed by atoms with van der Waals surface area (Å²) in [5.41, 5.74) is -0.970. The number of halogens is 3. The third-order valence-electron chi connectivity index (χ3n) is 2.66. The summed E-state index contributed by atoms with van der Waals surface area (Å²) in [6.45, 7) is 0. The number of nitrogens with zero attached hydrogens (tertiary/aromatic N) is 1.